The summed E-state index contributed by atoms with van der Waals surface area (Å²) in [6.07, 6.45) is 5.29. The second kappa shape index (κ2) is 7.01. The summed E-state index contributed by atoms with van der Waals surface area (Å²) in [5.74, 6) is 2.00. The van der Waals surface area contributed by atoms with Gasteiger partial charge in [-0.25, -0.2) is 9.97 Å². The number of imidazole rings is 1. The number of rotatable bonds is 4. The number of aromatic nitrogens is 3. The van der Waals surface area contributed by atoms with Crippen LogP contribution >= 0.6 is 0 Å². The number of hydrogen-bond acceptors (Lipinski definition) is 5. The molecule has 2 aliphatic carbocycles. The van der Waals surface area contributed by atoms with Gasteiger partial charge in [0.05, 0.1) is 17.0 Å². The maximum atomic E-state index is 10.8. The van der Waals surface area contributed by atoms with E-state index in [1.165, 1.54) is 0 Å². The van der Waals surface area contributed by atoms with Crippen LogP contribution in [0.5, 0.6) is 5.75 Å². The summed E-state index contributed by atoms with van der Waals surface area (Å²) >= 11 is 0. The van der Waals surface area contributed by atoms with E-state index in [9.17, 15) is 5.11 Å². The normalized spacial score (nSPS) is 25.1. The lowest BCUT2D eigenvalue weighted by Gasteiger charge is -2.52. The van der Waals surface area contributed by atoms with Crippen LogP contribution in [0.1, 0.15) is 31.2 Å². The molecule has 1 aliphatic heterocycles. The fourth-order valence-electron chi connectivity index (χ4n) is 5.77. The molecule has 2 fully saturated rings. The van der Waals surface area contributed by atoms with Crippen molar-refractivity contribution in [3.63, 3.8) is 0 Å². The molecule has 4 aromatic rings. The third kappa shape index (κ3) is 2.95. The molecule has 0 bridgehead atoms. The van der Waals surface area contributed by atoms with Crippen molar-refractivity contribution < 1.29 is 9.84 Å². The molecule has 170 valence electrons. The van der Waals surface area contributed by atoms with Crippen LogP contribution < -0.4 is 10.5 Å². The molecule has 2 aromatic heterocycles. The highest BCUT2D eigenvalue weighted by Gasteiger charge is 2.58. The van der Waals surface area contributed by atoms with Crippen molar-refractivity contribution in [1.29, 1.82) is 0 Å². The van der Waals surface area contributed by atoms with E-state index < -0.39 is 11.1 Å². The maximum absolute atomic E-state index is 10.8. The van der Waals surface area contributed by atoms with Crippen molar-refractivity contribution in [1.82, 2.24) is 14.5 Å². The largest absolute Gasteiger partial charge is 0.470 e. The molecule has 0 amide bonds. The quantitative estimate of drug-likeness (QED) is 0.470. The standard InChI is InChI=1S/C28H26N4O2/c29-27(15-28(33,16-27)21-12-13-21)20-10-8-18(9-11-20)23-25(19-5-2-1-3-6-19)32-17-34-22-7-4-14-30-24(22)26(32)31-23/h1-11,14,21,33H,12-13,15-17,29H2/t27-,28-. The molecule has 6 heteroatoms. The second-order valence-corrected chi connectivity index (χ2v) is 10.0. The Morgan fingerprint density at radius 2 is 1.68 bits per heavy atom. The van der Waals surface area contributed by atoms with Gasteiger partial charge in [-0.15, -0.1) is 0 Å². The maximum Gasteiger partial charge on any atom is 0.167 e. The first kappa shape index (κ1) is 19.9. The van der Waals surface area contributed by atoms with Gasteiger partial charge in [-0.1, -0.05) is 54.6 Å². The Kier molecular flexibility index (Phi) is 4.11. The Balaban J connectivity index is 1.30. The smallest absolute Gasteiger partial charge is 0.167 e. The molecule has 0 atom stereocenters. The summed E-state index contributed by atoms with van der Waals surface area (Å²) in [5, 5.41) is 10.8. The molecule has 3 N–H and O–H groups in total. The van der Waals surface area contributed by atoms with Gasteiger partial charge in [-0.2, -0.15) is 0 Å². The molecule has 7 rings (SSSR count). The summed E-state index contributed by atoms with van der Waals surface area (Å²) in [6, 6.07) is 22.5. The van der Waals surface area contributed by atoms with E-state index in [-0.39, 0.29) is 0 Å². The molecule has 2 saturated carbocycles. The van der Waals surface area contributed by atoms with Crippen LogP contribution in [0.3, 0.4) is 0 Å². The van der Waals surface area contributed by atoms with Crippen molar-refractivity contribution in [2.24, 2.45) is 11.7 Å². The van der Waals surface area contributed by atoms with Gasteiger partial charge in [-0.05, 0) is 49.3 Å². The van der Waals surface area contributed by atoms with Gasteiger partial charge in [0, 0.05) is 22.9 Å². The highest BCUT2D eigenvalue weighted by atomic mass is 16.5. The van der Waals surface area contributed by atoms with E-state index in [2.05, 4.69) is 45.9 Å². The van der Waals surface area contributed by atoms with Gasteiger partial charge in [0.25, 0.3) is 0 Å². The number of fused-ring (bicyclic) bond motifs is 3. The first-order chi connectivity index (χ1) is 16.5. The number of nitrogens with zero attached hydrogens (tertiary/aromatic N) is 3. The molecule has 0 saturated heterocycles. The van der Waals surface area contributed by atoms with Crippen LogP contribution in [0, 0.1) is 5.92 Å². The lowest BCUT2D eigenvalue weighted by Crippen LogP contribution is -2.60. The topological polar surface area (TPSA) is 86.2 Å². The van der Waals surface area contributed by atoms with Crippen molar-refractivity contribution in [2.75, 3.05) is 0 Å². The molecular weight excluding hydrogens is 424 g/mol. The third-order valence-electron chi connectivity index (χ3n) is 7.66. The van der Waals surface area contributed by atoms with E-state index in [1.807, 2.05) is 30.3 Å². The van der Waals surface area contributed by atoms with Crippen LogP contribution in [0.4, 0.5) is 0 Å². The Hall–Kier alpha value is -3.48. The minimum atomic E-state index is -0.572. The zero-order valence-electron chi connectivity index (χ0n) is 18.8. The summed E-state index contributed by atoms with van der Waals surface area (Å²) in [5.41, 5.74) is 11.5. The summed E-state index contributed by atoms with van der Waals surface area (Å²) < 4.78 is 8.11. The minimum absolute atomic E-state index is 0.384. The average Bonchev–Trinajstić information content (AvgIpc) is 3.64. The minimum Gasteiger partial charge on any atom is -0.470 e. The number of ether oxygens (including phenoxy) is 1. The van der Waals surface area contributed by atoms with Crippen LogP contribution in [0.15, 0.2) is 72.9 Å². The van der Waals surface area contributed by atoms with E-state index in [4.69, 9.17) is 15.5 Å². The van der Waals surface area contributed by atoms with Crippen molar-refractivity contribution in [2.45, 2.75) is 43.6 Å². The number of hydrogen-bond donors (Lipinski definition) is 2. The number of nitrogens with two attached hydrogens (primary N) is 1. The molecule has 3 aliphatic rings. The molecule has 3 heterocycles. The van der Waals surface area contributed by atoms with E-state index in [0.717, 1.165) is 58.2 Å². The zero-order chi connectivity index (χ0) is 22.9. The molecule has 2 aromatic carbocycles. The van der Waals surface area contributed by atoms with E-state index in [1.54, 1.807) is 6.20 Å². The highest BCUT2D eigenvalue weighted by molar-refractivity contribution is 5.83. The third-order valence-corrected chi connectivity index (χ3v) is 7.66. The molecule has 0 unspecified atom stereocenters. The predicted octanol–water partition coefficient (Wildman–Crippen LogP) is 4.72. The molecule has 0 spiro atoms. The number of benzene rings is 2. The molecule has 0 radical (unpaired) electrons. The number of pyridine rings is 1. The Morgan fingerprint density at radius 3 is 2.41 bits per heavy atom. The highest BCUT2D eigenvalue weighted by Crippen LogP contribution is 2.57. The van der Waals surface area contributed by atoms with Crippen LogP contribution in [0.2, 0.25) is 0 Å². The lowest BCUT2D eigenvalue weighted by atomic mass is 9.60. The summed E-state index contributed by atoms with van der Waals surface area (Å²) in [6.45, 7) is 0.384. The first-order valence-corrected chi connectivity index (χ1v) is 11.9. The van der Waals surface area contributed by atoms with Crippen LogP contribution in [-0.2, 0) is 12.3 Å². The Labute approximate surface area is 198 Å². The van der Waals surface area contributed by atoms with Crippen molar-refractivity contribution in [3.8, 4) is 39.8 Å². The average molecular weight is 451 g/mol. The Morgan fingerprint density at radius 1 is 0.912 bits per heavy atom. The summed E-state index contributed by atoms with van der Waals surface area (Å²) in [4.78, 5) is 9.62. The molecule has 6 nitrogen and oxygen atoms in total. The van der Waals surface area contributed by atoms with Crippen molar-refractivity contribution >= 4 is 0 Å². The zero-order valence-corrected chi connectivity index (χ0v) is 18.8. The van der Waals surface area contributed by atoms with Gasteiger partial charge >= 0.3 is 0 Å². The fourth-order valence-corrected chi connectivity index (χ4v) is 5.77. The first-order valence-electron chi connectivity index (χ1n) is 11.9. The lowest BCUT2D eigenvalue weighted by molar-refractivity contribution is -0.106. The summed E-state index contributed by atoms with van der Waals surface area (Å²) in [7, 11) is 0. The monoisotopic (exact) mass is 450 g/mol. The molecule has 34 heavy (non-hydrogen) atoms. The number of aliphatic hydroxyl groups is 1. The second-order valence-electron chi connectivity index (χ2n) is 10.0. The van der Waals surface area contributed by atoms with Gasteiger partial charge in [0.15, 0.2) is 18.3 Å². The van der Waals surface area contributed by atoms with Crippen LogP contribution in [-0.4, -0.2) is 25.2 Å². The van der Waals surface area contributed by atoms with E-state index in [0.29, 0.717) is 25.5 Å². The fraction of sp³-hybridized carbons (Fsp3) is 0.286. The molecular formula is C28H26N4O2. The van der Waals surface area contributed by atoms with Crippen molar-refractivity contribution in [3.05, 3.63) is 78.5 Å². The van der Waals surface area contributed by atoms with Gasteiger partial charge in [0.1, 0.15) is 5.69 Å². The van der Waals surface area contributed by atoms with Gasteiger partial charge in [0.2, 0.25) is 0 Å². The van der Waals surface area contributed by atoms with E-state index >= 15 is 0 Å². The SMILES string of the molecule is N[C@]1(c2ccc(-c3nc4n(c3-c3ccccc3)COc3cccnc3-4)cc2)C[C@](O)(C2CC2)C1. The van der Waals surface area contributed by atoms with Gasteiger partial charge in [-0.3, -0.25) is 4.57 Å². The Bertz CT molecular complexity index is 1380. The van der Waals surface area contributed by atoms with Crippen LogP contribution in [0.25, 0.3) is 34.0 Å². The predicted molar refractivity (Wildman–Crippen MR) is 130 cm³/mol. The van der Waals surface area contributed by atoms with Gasteiger partial charge < -0.3 is 15.6 Å².